The largest absolute Gasteiger partial charge is 0.350 e. The van der Waals surface area contributed by atoms with Gasteiger partial charge in [-0.15, -0.1) is 0 Å². The van der Waals surface area contributed by atoms with Crippen LogP contribution in [0.25, 0.3) is 16.5 Å². The van der Waals surface area contributed by atoms with Gasteiger partial charge in [-0.1, -0.05) is 45.7 Å². The molecule has 124 valence electrons. The standard InChI is InChI=1S/C19H12BrClN2O2/c1-22-10-14(13-9-11(20)7-8-15(13)22)16-17(21)19(25)23(18(16)24)12-5-3-2-4-6-12/h2-10H,1H3. The molecule has 4 rings (SSSR count). The number of imide groups is 1. The van der Waals surface area contributed by atoms with Crippen LogP contribution in [-0.2, 0) is 16.6 Å². The van der Waals surface area contributed by atoms with Crippen molar-refractivity contribution in [2.45, 2.75) is 0 Å². The van der Waals surface area contributed by atoms with Gasteiger partial charge in [-0.3, -0.25) is 9.59 Å². The summed E-state index contributed by atoms with van der Waals surface area (Å²) in [7, 11) is 1.89. The van der Waals surface area contributed by atoms with Crippen LogP contribution >= 0.6 is 27.5 Å². The van der Waals surface area contributed by atoms with E-state index in [4.69, 9.17) is 11.6 Å². The number of amides is 2. The van der Waals surface area contributed by atoms with Gasteiger partial charge in [0.2, 0.25) is 0 Å². The average molecular weight is 416 g/mol. The summed E-state index contributed by atoms with van der Waals surface area (Å²) in [6.45, 7) is 0. The Hall–Kier alpha value is -2.37. The molecular formula is C19H12BrClN2O2. The van der Waals surface area contributed by atoms with E-state index >= 15 is 0 Å². The van der Waals surface area contributed by atoms with E-state index in [0.717, 1.165) is 20.3 Å². The van der Waals surface area contributed by atoms with Gasteiger partial charge in [-0.2, -0.15) is 0 Å². The highest BCUT2D eigenvalue weighted by Crippen LogP contribution is 2.38. The minimum atomic E-state index is -0.500. The molecule has 0 radical (unpaired) electrons. The summed E-state index contributed by atoms with van der Waals surface area (Å²) in [4.78, 5) is 26.7. The van der Waals surface area contributed by atoms with Crippen molar-refractivity contribution in [1.82, 2.24) is 4.57 Å². The van der Waals surface area contributed by atoms with Gasteiger partial charge in [0.05, 0.1) is 11.3 Å². The van der Waals surface area contributed by atoms with Crippen LogP contribution in [-0.4, -0.2) is 16.4 Å². The summed E-state index contributed by atoms with van der Waals surface area (Å²) >= 11 is 9.75. The number of hydrogen-bond donors (Lipinski definition) is 0. The zero-order valence-electron chi connectivity index (χ0n) is 13.2. The highest BCUT2D eigenvalue weighted by atomic mass is 79.9. The maximum atomic E-state index is 13.0. The molecule has 2 heterocycles. The lowest BCUT2D eigenvalue weighted by molar-refractivity contribution is -0.119. The second-order valence-electron chi connectivity index (χ2n) is 5.79. The summed E-state index contributed by atoms with van der Waals surface area (Å²) in [6.07, 6.45) is 1.83. The summed E-state index contributed by atoms with van der Waals surface area (Å²) in [5, 5.41) is 0.808. The van der Waals surface area contributed by atoms with Crippen LogP contribution in [0.15, 0.2) is 64.2 Å². The van der Waals surface area contributed by atoms with Gasteiger partial charge in [-0.25, -0.2) is 4.90 Å². The number of hydrogen-bond acceptors (Lipinski definition) is 2. The highest BCUT2D eigenvalue weighted by Gasteiger charge is 2.40. The summed E-state index contributed by atoms with van der Waals surface area (Å²) in [6, 6.07) is 14.6. The van der Waals surface area contributed by atoms with Crippen molar-refractivity contribution < 1.29 is 9.59 Å². The minimum absolute atomic E-state index is 0.0543. The van der Waals surface area contributed by atoms with Crippen molar-refractivity contribution in [1.29, 1.82) is 0 Å². The minimum Gasteiger partial charge on any atom is -0.350 e. The van der Waals surface area contributed by atoms with E-state index in [1.54, 1.807) is 24.3 Å². The van der Waals surface area contributed by atoms with E-state index in [1.165, 1.54) is 0 Å². The Morgan fingerprint density at radius 3 is 2.44 bits per heavy atom. The lowest BCUT2D eigenvalue weighted by Gasteiger charge is -2.14. The fourth-order valence-electron chi connectivity index (χ4n) is 3.11. The van der Waals surface area contributed by atoms with Crippen LogP contribution in [0.1, 0.15) is 5.56 Å². The summed E-state index contributed by atoms with van der Waals surface area (Å²) < 4.78 is 2.80. The third-order valence-electron chi connectivity index (χ3n) is 4.26. The van der Waals surface area contributed by atoms with Crippen molar-refractivity contribution in [3.8, 4) is 0 Å². The van der Waals surface area contributed by atoms with Crippen LogP contribution < -0.4 is 4.90 Å². The molecule has 0 unspecified atom stereocenters. The molecule has 1 aliphatic heterocycles. The normalized spacial score (nSPS) is 14.9. The van der Waals surface area contributed by atoms with Crippen LogP contribution in [0.4, 0.5) is 5.69 Å². The molecule has 0 atom stereocenters. The van der Waals surface area contributed by atoms with Gasteiger partial charge in [-0.05, 0) is 30.3 Å². The number of carbonyl (C=O) groups is 2. The van der Waals surface area contributed by atoms with Crippen LogP contribution in [0, 0.1) is 0 Å². The first kappa shape index (κ1) is 16.1. The number of carbonyl (C=O) groups excluding carboxylic acids is 2. The van der Waals surface area contributed by atoms with E-state index in [1.807, 2.05) is 42.1 Å². The van der Waals surface area contributed by atoms with Crippen LogP contribution in [0.2, 0.25) is 0 Å². The SMILES string of the molecule is Cn1cc(C2=C(Cl)C(=O)N(c3ccccc3)C2=O)c2cc(Br)ccc21. The van der Waals surface area contributed by atoms with E-state index in [-0.39, 0.29) is 10.6 Å². The molecule has 0 spiro atoms. The number of halogens is 2. The second-order valence-corrected chi connectivity index (χ2v) is 7.08. The molecule has 1 aromatic heterocycles. The molecule has 2 aromatic carbocycles. The second kappa shape index (κ2) is 5.86. The first-order chi connectivity index (χ1) is 12.0. The van der Waals surface area contributed by atoms with E-state index in [9.17, 15) is 9.59 Å². The number of benzene rings is 2. The number of para-hydroxylation sites is 1. The number of aryl methyl sites for hydroxylation is 1. The Morgan fingerprint density at radius 1 is 1.00 bits per heavy atom. The fourth-order valence-corrected chi connectivity index (χ4v) is 3.74. The summed E-state index contributed by atoms with van der Waals surface area (Å²) in [5.41, 5.74) is 2.35. The van der Waals surface area contributed by atoms with Crippen molar-refractivity contribution >= 4 is 61.5 Å². The molecule has 25 heavy (non-hydrogen) atoms. The lowest BCUT2D eigenvalue weighted by atomic mass is 10.1. The molecule has 2 amide bonds. The van der Waals surface area contributed by atoms with Gasteiger partial charge in [0.25, 0.3) is 11.8 Å². The Bertz CT molecular complexity index is 1070. The lowest BCUT2D eigenvalue weighted by Crippen LogP contribution is -2.31. The average Bonchev–Trinajstić information content (AvgIpc) is 3.02. The number of nitrogens with zero attached hydrogens (tertiary/aromatic N) is 2. The molecule has 0 bridgehead atoms. The van der Waals surface area contributed by atoms with E-state index < -0.39 is 11.8 Å². The molecule has 0 N–H and O–H groups in total. The van der Waals surface area contributed by atoms with Crippen LogP contribution in [0.5, 0.6) is 0 Å². The van der Waals surface area contributed by atoms with Crippen molar-refractivity contribution in [2.24, 2.45) is 7.05 Å². The first-order valence-corrected chi connectivity index (χ1v) is 8.74. The maximum absolute atomic E-state index is 13.0. The monoisotopic (exact) mass is 414 g/mol. The van der Waals surface area contributed by atoms with Crippen molar-refractivity contribution in [2.75, 3.05) is 4.90 Å². The molecule has 3 aromatic rings. The molecule has 1 aliphatic rings. The Kier molecular flexibility index (Phi) is 3.78. The molecular weight excluding hydrogens is 404 g/mol. The number of fused-ring (bicyclic) bond motifs is 1. The number of anilines is 1. The molecule has 0 aliphatic carbocycles. The highest BCUT2D eigenvalue weighted by molar-refractivity contribution is 9.10. The van der Waals surface area contributed by atoms with Crippen molar-refractivity contribution in [3.63, 3.8) is 0 Å². The molecule has 0 fully saturated rings. The Morgan fingerprint density at radius 2 is 1.72 bits per heavy atom. The Labute approximate surface area is 157 Å². The molecule has 0 saturated heterocycles. The number of aromatic nitrogens is 1. The van der Waals surface area contributed by atoms with Gasteiger partial charge in [0.15, 0.2) is 0 Å². The van der Waals surface area contributed by atoms with Gasteiger partial charge in [0, 0.05) is 34.2 Å². The maximum Gasteiger partial charge on any atom is 0.277 e. The quantitative estimate of drug-likeness (QED) is 0.580. The topological polar surface area (TPSA) is 42.3 Å². The molecule has 0 saturated carbocycles. The van der Waals surface area contributed by atoms with Crippen molar-refractivity contribution in [3.05, 3.63) is 69.8 Å². The zero-order valence-corrected chi connectivity index (χ0v) is 15.5. The smallest absolute Gasteiger partial charge is 0.277 e. The van der Waals surface area contributed by atoms with Gasteiger partial charge in [0.1, 0.15) is 5.03 Å². The number of rotatable bonds is 2. The van der Waals surface area contributed by atoms with Gasteiger partial charge >= 0.3 is 0 Å². The zero-order chi connectivity index (χ0) is 17.7. The predicted octanol–water partition coefficient (Wildman–Crippen LogP) is 4.46. The van der Waals surface area contributed by atoms with Gasteiger partial charge < -0.3 is 4.57 Å². The van der Waals surface area contributed by atoms with Crippen LogP contribution in [0.3, 0.4) is 0 Å². The Balaban J connectivity index is 1.90. The summed E-state index contributed by atoms with van der Waals surface area (Å²) in [5.74, 6) is -0.909. The molecule has 6 heteroatoms. The third-order valence-corrected chi connectivity index (χ3v) is 5.11. The third kappa shape index (κ3) is 2.42. The first-order valence-electron chi connectivity index (χ1n) is 7.57. The van der Waals surface area contributed by atoms with E-state index in [2.05, 4.69) is 15.9 Å². The molecule has 4 nitrogen and oxygen atoms in total. The van der Waals surface area contributed by atoms with E-state index in [0.29, 0.717) is 11.3 Å². The fraction of sp³-hybridized carbons (Fsp3) is 0.0526. The predicted molar refractivity (Wildman–Crippen MR) is 102 cm³/mol.